The van der Waals surface area contributed by atoms with E-state index in [9.17, 15) is 4.79 Å². The van der Waals surface area contributed by atoms with Gasteiger partial charge in [0, 0.05) is 13.2 Å². The molecule has 0 atom stereocenters. The molecular formula is C27H44O9. The summed E-state index contributed by atoms with van der Waals surface area (Å²) in [6.45, 7) is 15.7. The van der Waals surface area contributed by atoms with E-state index in [2.05, 4.69) is 32.2 Å². The van der Waals surface area contributed by atoms with Gasteiger partial charge in [-0.1, -0.05) is 31.7 Å². The van der Waals surface area contributed by atoms with Crippen molar-refractivity contribution in [2.75, 3.05) is 93.0 Å². The van der Waals surface area contributed by atoms with Crippen LogP contribution in [-0.2, 0) is 44.4 Å². The number of hydrogen-bond acceptors (Lipinski definition) is 9. The van der Waals surface area contributed by atoms with Gasteiger partial charge in [-0.2, -0.15) is 0 Å². The minimum Gasteiger partial charge on any atom is -0.491 e. The maximum atomic E-state index is 10.7. The molecule has 0 radical (unpaired) electrons. The highest BCUT2D eigenvalue weighted by atomic mass is 16.6. The lowest BCUT2D eigenvalue weighted by atomic mass is 10.2. The van der Waals surface area contributed by atoms with Crippen LogP contribution < -0.4 is 4.74 Å². The first-order valence-electron chi connectivity index (χ1n) is 12.2. The van der Waals surface area contributed by atoms with E-state index in [1.165, 1.54) is 5.56 Å². The van der Waals surface area contributed by atoms with Crippen molar-refractivity contribution >= 4 is 5.97 Å². The summed E-state index contributed by atoms with van der Waals surface area (Å²) in [7, 11) is 1.65. The van der Waals surface area contributed by atoms with Crippen molar-refractivity contribution in [1.29, 1.82) is 0 Å². The number of methoxy groups -OCH3 is 1. The molecule has 0 heterocycles. The molecule has 0 saturated carbocycles. The van der Waals surface area contributed by atoms with Crippen molar-refractivity contribution in [1.82, 2.24) is 0 Å². The second-order valence-electron chi connectivity index (χ2n) is 7.02. The van der Waals surface area contributed by atoms with Gasteiger partial charge in [0.25, 0.3) is 0 Å². The molecule has 0 unspecified atom stereocenters. The van der Waals surface area contributed by atoms with Gasteiger partial charge in [0.1, 0.15) is 19.0 Å². The molecule has 0 aliphatic heterocycles. The van der Waals surface area contributed by atoms with Gasteiger partial charge in [-0.3, -0.25) is 0 Å². The highest BCUT2D eigenvalue weighted by molar-refractivity contribution is 5.81. The molecule has 36 heavy (non-hydrogen) atoms. The first-order chi connectivity index (χ1) is 17.7. The highest BCUT2D eigenvalue weighted by Gasteiger charge is 1.97. The lowest BCUT2D eigenvalue weighted by Crippen LogP contribution is -2.13. The predicted molar refractivity (Wildman–Crippen MR) is 139 cm³/mol. The normalized spacial score (nSPS) is 10.3. The van der Waals surface area contributed by atoms with Gasteiger partial charge in [-0.25, -0.2) is 4.79 Å². The molecule has 0 aromatic heterocycles. The molecular weight excluding hydrogens is 468 g/mol. The van der Waals surface area contributed by atoms with E-state index in [-0.39, 0.29) is 6.61 Å². The minimum absolute atomic E-state index is 0.224. The molecule has 1 aromatic rings. The van der Waals surface area contributed by atoms with E-state index >= 15 is 0 Å². The smallest absolute Gasteiger partial charge is 0.330 e. The van der Waals surface area contributed by atoms with Crippen LogP contribution in [0, 0.1) is 0 Å². The third kappa shape index (κ3) is 23.5. The van der Waals surface area contributed by atoms with Gasteiger partial charge in [0.05, 0.1) is 72.7 Å². The van der Waals surface area contributed by atoms with Crippen LogP contribution >= 0.6 is 0 Å². The number of aryl methyl sites for hydroxylation is 1. The third-order valence-corrected chi connectivity index (χ3v) is 4.25. The van der Waals surface area contributed by atoms with Crippen LogP contribution in [0.25, 0.3) is 0 Å². The largest absolute Gasteiger partial charge is 0.491 e. The number of esters is 1. The summed E-state index contributed by atoms with van der Waals surface area (Å²) >= 11 is 0. The Labute approximate surface area is 216 Å². The molecule has 9 heteroatoms. The summed E-state index contributed by atoms with van der Waals surface area (Å²) in [5.41, 5.74) is 1.29. The Hall–Kier alpha value is -2.27. The zero-order chi connectivity index (χ0) is 26.5. The maximum Gasteiger partial charge on any atom is 0.330 e. The van der Waals surface area contributed by atoms with E-state index in [1.54, 1.807) is 13.2 Å². The molecule has 0 aliphatic rings. The quantitative estimate of drug-likeness (QED) is 0.0948. The molecule has 1 rings (SSSR count). The van der Waals surface area contributed by atoms with Gasteiger partial charge >= 0.3 is 5.97 Å². The van der Waals surface area contributed by atoms with Crippen LogP contribution in [0.4, 0.5) is 0 Å². The number of hydrogen-bond donors (Lipinski definition) is 0. The van der Waals surface area contributed by atoms with Gasteiger partial charge in [0.2, 0.25) is 0 Å². The first-order valence-corrected chi connectivity index (χ1v) is 12.2. The fraction of sp³-hybridized carbons (Fsp3) is 0.593. The monoisotopic (exact) mass is 512 g/mol. The van der Waals surface area contributed by atoms with Crippen LogP contribution in [-0.4, -0.2) is 99.0 Å². The summed E-state index contributed by atoms with van der Waals surface area (Å²) in [6, 6.07) is 8.05. The lowest BCUT2D eigenvalue weighted by Gasteiger charge is -2.08. The fourth-order valence-electron chi connectivity index (χ4n) is 2.37. The molecule has 0 fully saturated rings. The van der Waals surface area contributed by atoms with E-state index in [1.807, 2.05) is 12.1 Å². The van der Waals surface area contributed by atoms with Crippen molar-refractivity contribution in [2.45, 2.75) is 13.3 Å². The Morgan fingerprint density at radius 3 is 1.72 bits per heavy atom. The number of carbonyl (C=O) groups is 1. The van der Waals surface area contributed by atoms with Crippen molar-refractivity contribution in [3.05, 3.63) is 55.1 Å². The second kappa shape index (κ2) is 27.3. The number of ether oxygens (including phenoxy) is 8. The zero-order valence-corrected chi connectivity index (χ0v) is 22.0. The molecule has 206 valence electrons. The van der Waals surface area contributed by atoms with E-state index in [0.717, 1.165) is 18.2 Å². The average Bonchev–Trinajstić information content (AvgIpc) is 2.91. The maximum absolute atomic E-state index is 10.7. The highest BCUT2D eigenvalue weighted by Crippen LogP contribution is 2.12. The van der Waals surface area contributed by atoms with E-state index in [4.69, 9.17) is 37.9 Å². The Morgan fingerprint density at radius 2 is 1.22 bits per heavy atom. The molecule has 9 nitrogen and oxygen atoms in total. The first kappa shape index (κ1) is 33.7. The summed E-state index contributed by atoms with van der Waals surface area (Å²) in [6.07, 6.45) is 3.86. The minimum atomic E-state index is -0.441. The third-order valence-electron chi connectivity index (χ3n) is 4.25. The van der Waals surface area contributed by atoms with E-state index in [0.29, 0.717) is 79.3 Å². The van der Waals surface area contributed by atoms with Crippen LogP contribution in [0.2, 0.25) is 0 Å². The van der Waals surface area contributed by atoms with Crippen LogP contribution in [0.1, 0.15) is 12.5 Å². The fourth-order valence-corrected chi connectivity index (χ4v) is 2.37. The van der Waals surface area contributed by atoms with Crippen molar-refractivity contribution in [3.63, 3.8) is 0 Å². The SMILES string of the molecule is C=CC(=O)OCCOCCOCCOc1ccc(CC)cc1.C=CCOCCOCCOCCOC. The zero-order valence-electron chi connectivity index (χ0n) is 22.0. The summed E-state index contributed by atoms with van der Waals surface area (Å²) < 4.78 is 41.3. The molecule has 0 saturated heterocycles. The van der Waals surface area contributed by atoms with E-state index < -0.39 is 5.97 Å². The molecule has 0 aliphatic carbocycles. The van der Waals surface area contributed by atoms with Gasteiger partial charge in [-0.05, 0) is 24.1 Å². The van der Waals surface area contributed by atoms with Gasteiger partial charge in [0.15, 0.2) is 0 Å². The van der Waals surface area contributed by atoms with Crippen LogP contribution in [0.15, 0.2) is 49.6 Å². The number of benzene rings is 1. The standard InChI is InChI=1S/C17H24O5.C10H20O4/c1-3-15-5-7-16(8-6-15)21-13-11-19-9-10-20-12-14-22-17(18)4-2;1-3-4-12-7-8-14-10-9-13-6-5-11-2/h4-8H,2-3,9-14H2,1H3;3H,1,4-10H2,2H3. The second-order valence-corrected chi connectivity index (χ2v) is 7.02. The summed E-state index contributed by atoms with van der Waals surface area (Å²) in [5, 5.41) is 0. The van der Waals surface area contributed by atoms with Crippen LogP contribution in [0.3, 0.4) is 0 Å². The Balaban J connectivity index is 0.000000757. The van der Waals surface area contributed by atoms with Gasteiger partial charge < -0.3 is 37.9 Å². The summed E-state index contributed by atoms with van der Waals surface area (Å²) in [4.78, 5) is 10.7. The molecule has 0 N–H and O–H groups in total. The number of carbonyl (C=O) groups excluding carboxylic acids is 1. The molecule has 0 spiro atoms. The van der Waals surface area contributed by atoms with Crippen LogP contribution in [0.5, 0.6) is 5.75 Å². The Bertz CT molecular complexity index is 635. The average molecular weight is 513 g/mol. The number of rotatable bonds is 23. The summed E-state index contributed by atoms with van der Waals surface area (Å²) in [5.74, 6) is 0.407. The lowest BCUT2D eigenvalue weighted by molar-refractivity contribution is -0.139. The van der Waals surface area contributed by atoms with Gasteiger partial charge in [-0.15, -0.1) is 6.58 Å². The van der Waals surface area contributed by atoms with Crippen molar-refractivity contribution in [2.24, 2.45) is 0 Å². The molecule has 1 aromatic carbocycles. The Morgan fingerprint density at radius 1 is 0.722 bits per heavy atom. The molecule has 0 amide bonds. The van der Waals surface area contributed by atoms with Crippen molar-refractivity contribution in [3.8, 4) is 5.75 Å². The predicted octanol–water partition coefficient (Wildman–Crippen LogP) is 3.26. The molecule has 0 bridgehead atoms. The topological polar surface area (TPSA) is 90.9 Å². The Kier molecular flexibility index (Phi) is 25.6. The van der Waals surface area contributed by atoms with Crippen molar-refractivity contribution < 1.29 is 42.7 Å².